The van der Waals surface area contributed by atoms with Gasteiger partial charge in [-0.25, -0.2) is 9.97 Å². The molecule has 5 nitrogen and oxygen atoms in total. The number of carbonyl (C=O) groups excluding carboxylic acids is 1. The van der Waals surface area contributed by atoms with Crippen LogP contribution in [0.5, 0.6) is 0 Å². The average molecular weight is 338 g/mol. The molecule has 0 saturated carbocycles. The van der Waals surface area contributed by atoms with E-state index in [0.29, 0.717) is 23.5 Å². The number of amides is 1. The smallest absolute Gasteiger partial charge is 0.349 e. The second-order valence-corrected chi connectivity index (χ2v) is 5.03. The van der Waals surface area contributed by atoms with Gasteiger partial charge in [0.1, 0.15) is 6.33 Å². The summed E-state index contributed by atoms with van der Waals surface area (Å²) >= 11 is 0. The van der Waals surface area contributed by atoms with Gasteiger partial charge in [0.05, 0.1) is 30.0 Å². The molecule has 2 N–H and O–H groups in total. The number of halogens is 3. The summed E-state index contributed by atoms with van der Waals surface area (Å²) < 4.78 is 37.7. The lowest BCUT2D eigenvalue weighted by Crippen LogP contribution is -2.33. The summed E-state index contributed by atoms with van der Waals surface area (Å²) in [7, 11) is 0. The van der Waals surface area contributed by atoms with Gasteiger partial charge in [-0.3, -0.25) is 4.79 Å². The van der Waals surface area contributed by atoms with Crippen molar-refractivity contribution in [2.75, 3.05) is 13.1 Å². The van der Waals surface area contributed by atoms with E-state index in [9.17, 15) is 18.0 Å². The van der Waals surface area contributed by atoms with Gasteiger partial charge in [-0.2, -0.15) is 13.2 Å². The number of hydrogen-bond acceptors (Lipinski definition) is 4. The number of aromatic nitrogens is 2. The minimum Gasteiger partial charge on any atom is -0.349 e. The third kappa shape index (κ3) is 5.02. The number of rotatable bonds is 6. The first-order chi connectivity index (χ1) is 11.4. The van der Waals surface area contributed by atoms with Crippen molar-refractivity contribution in [2.24, 2.45) is 0 Å². The molecule has 0 unspecified atom stereocenters. The number of alkyl halides is 3. The molecule has 0 fully saturated rings. The van der Waals surface area contributed by atoms with Crippen molar-refractivity contribution >= 4 is 5.91 Å². The van der Waals surface area contributed by atoms with E-state index in [-0.39, 0.29) is 19.0 Å². The molecule has 0 aliphatic heterocycles. The molecule has 0 aliphatic carbocycles. The van der Waals surface area contributed by atoms with Crippen LogP contribution in [0.1, 0.15) is 18.2 Å². The zero-order valence-electron chi connectivity index (χ0n) is 13.0. The maximum absolute atomic E-state index is 12.6. The molecule has 0 aliphatic rings. The number of likely N-dealkylation sites (N-methyl/N-ethyl adjacent to an activating group) is 1. The molecule has 1 amide bonds. The third-order valence-electron chi connectivity index (χ3n) is 3.23. The number of benzene rings is 1. The monoisotopic (exact) mass is 338 g/mol. The Kier molecular flexibility index (Phi) is 5.86. The Morgan fingerprint density at radius 1 is 1.17 bits per heavy atom. The van der Waals surface area contributed by atoms with E-state index in [1.165, 1.54) is 18.5 Å². The molecule has 2 rings (SSSR count). The lowest BCUT2D eigenvalue weighted by molar-refractivity contribution is -0.137. The molecule has 1 aromatic heterocycles. The fourth-order valence-corrected chi connectivity index (χ4v) is 1.97. The van der Waals surface area contributed by atoms with Crippen molar-refractivity contribution in [3.05, 3.63) is 47.9 Å². The standard InChI is InChI=1S/C16H17F3N4O/c1-2-20-9-15(24)21-8-13-7-14(23-10-22-13)11-3-5-12(6-4-11)16(17,18)19/h3-7,10,20H,2,8-9H2,1H3,(H,21,24). The Labute approximate surface area is 137 Å². The molecule has 0 saturated heterocycles. The zero-order valence-corrected chi connectivity index (χ0v) is 13.0. The highest BCUT2D eigenvalue weighted by Gasteiger charge is 2.30. The van der Waals surface area contributed by atoms with E-state index in [0.717, 1.165) is 12.1 Å². The van der Waals surface area contributed by atoms with Crippen molar-refractivity contribution in [1.29, 1.82) is 0 Å². The summed E-state index contributed by atoms with van der Waals surface area (Å²) in [5.41, 5.74) is 0.904. The number of carbonyl (C=O) groups is 1. The van der Waals surface area contributed by atoms with Gasteiger partial charge in [0.2, 0.25) is 5.91 Å². The fourth-order valence-electron chi connectivity index (χ4n) is 1.97. The van der Waals surface area contributed by atoms with Crippen LogP contribution in [0.25, 0.3) is 11.3 Å². The van der Waals surface area contributed by atoms with E-state index in [1.54, 1.807) is 6.07 Å². The highest BCUT2D eigenvalue weighted by atomic mass is 19.4. The first kappa shape index (κ1) is 17.9. The quantitative estimate of drug-likeness (QED) is 0.849. The zero-order chi connectivity index (χ0) is 17.6. The van der Waals surface area contributed by atoms with Gasteiger partial charge in [0.25, 0.3) is 0 Å². The Morgan fingerprint density at radius 2 is 1.88 bits per heavy atom. The van der Waals surface area contributed by atoms with Gasteiger partial charge in [0, 0.05) is 5.56 Å². The van der Waals surface area contributed by atoms with Crippen LogP contribution in [0, 0.1) is 0 Å². The van der Waals surface area contributed by atoms with Crippen molar-refractivity contribution < 1.29 is 18.0 Å². The van der Waals surface area contributed by atoms with Crippen LogP contribution in [0.15, 0.2) is 36.7 Å². The fraction of sp³-hybridized carbons (Fsp3) is 0.312. The molecule has 8 heteroatoms. The third-order valence-corrected chi connectivity index (χ3v) is 3.23. The van der Waals surface area contributed by atoms with Gasteiger partial charge in [-0.05, 0) is 24.7 Å². The predicted octanol–water partition coefficient (Wildman–Crippen LogP) is 2.39. The second kappa shape index (κ2) is 7.87. The van der Waals surface area contributed by atoms with Crippen LogP contribution in [0.3, 0.4) is 0 Å². The molecule has 24 heavy (non-hydrogen) atoms. The molecule has 0 radical (unpaired) electrons. The highest BCUT2D eigenvalue weighted by molar-refractivity contribution is 5.77. The molecule has 128 valence electrons. The number of nitrogens with one attached hydrogen (secondary N) is 2. The maximum Gasteiger partial charge on any atom is 0.416 e. The van der Waals surface area contributed by atoms with Gasteiger partial charge in [0.15, 0.2) is 0 Å². The van der Waals surface area contributed by atoms with Crippen LogP contribution in [-0.4, -0.2) is 29.0 Å². The molecular formula is C16H17F3N4O. The molecule has 2 aromatic rings. The van der Waals surface area contributed by atoms with Gasteiger partial charge in [-0.1, -0.05) is 19.1 Å². The molecule has 1 heterocycles. The number of nitrogens with zero attached hydrogens (tertiary/aromatic N) is 2. The Balaban J connectivity index is 2.06. The van der Waals surface area contributed by atoms with Crippen molar-refractivity contribution in [1.82, 2.24) is 20.6 Å². The minimum atomic E-state index is -4.37. The summed E-state index contributed by atoms with van der Waals surface area (Å²) in [6.07, 6.45) is -3.05. The van der Waals surface area contributed by atoms with Crippen LogP contribution in [-0.2, 0) is 17.5 Å². The molecule has 0 bridgehead atoms. The van der Waals surface area contributed by atoms with Crippen LogP contribution in [0.4, 0.5) is 13.2 Å². The van der Waals surface area contributed by atoms with E-state index in [2.05, 4.69) is 20.6 Å². The van der Waals surface area contributed by atoms with Crippen LogP contribution >= 0.6 is 0 Å². The highest BCUT2D eigenvalue weighted by Crippen LogP contribution is 2.30. The van der Waals surface area contributed by atoms with Gasteiger partial charge in [-0.15, -0.1) is 0 Å². The van der Waals surface area contributed by atoms with Gasteiger partial charge < -0.3 is 10.6 Å². The number of hydrogen-bond donors (Lipinski definition) is 2. The van der Waals surface area contributed by atoms with Crippen LogP contribution < -0.4 is 10.6 Å². The van der Waals surface area contributed by atoms with Crippen LogP contribution in [0.2, 0.25) is 0 Å². The average Bonchev–Trinajstić information content (AvgIpc) is 2.58. The van der Waals surface area contributed by atoms with E-state index >= 15 is 0 Å². The van der Waals surface area contributed by atoms with E-state index < -0.39 is 11.7 Å². The van der Waals surface area contributed by atoms with Crippen molar-refractivity contribution in [3.63, 3.8) is 0 Å². The van der Waals surface area contributed by atoms with E-state index in [4.69, 9.17) is 0 Å². The summed E-state index contributed by atoms with van der Waals surface area (Å²) in [6, 6.07) is 6.37. The van der Waals surface area contributed by atoms with Crippen molar-refractivity contribution in [3.8, 4) is 11.3 Å². The lowest BCUT2D eigenvalue weighted by Gasteiger charge is -2.08. The molecule has 0 atom stereocenters. The Morgan fingerprint density at radius 3 is 2.50 bits per heavy atom. The van der Waals surface area contributed by atoms with E-state index in [1.807, 2.05) is 6.92 Å². The van der Waals surface area contributed by atoms with Gasteiger partial charge >= 0.3 is 6.18 Å². The molecule has 0 spiro atoms. The normalized spacial score (nSPS) is 11.3. The summed E-state index contributed by atoms with van der Waals surface area (Å²) in [6.45, 7) is 3.03. The summed E-state index contributed by atoms with van der Waals surface area (Å²) in [5.74, 6) is -0.161. The first-order valence-electron chi connectivity index (χ1n) is 7.36. The maximum atomic E-state index is 12.6. The summed E-state index contributed by atoms with van der Waals surface area (Å²) in [4.78, 5) is 19.6. The lowest BCUT2D eigenvalue weighted by atomic mass is 10.1. The minimum absolute atomic E-state index is 0.161. The SMILES string of the molecule is CCNCC(=O)NCc1cc(-c2ccc(C(F)(F)F)cc2)ncn1. The Bertz CT molecular complexity index is 686. The first-order valence-corrected chi connectivity index (χ1v) is 7.36. The topological polar surface area (TPSA) is 66.9 Å². The van der Waals surface area contributed by atoms with Crippen molar-refractivity contribution in [2.45, 2.75) is 19.6 Å². The molecule has 1 aromatic carbocycles. The summed E-state index contributed by atoms with van der Waals surface area (Å²) in [5, 5.41) is 5.60. The second-order valence-electron chi connectivity index (χ2n) is 5.03. The molecular weight excluding hydrogens is 321 g/mol. The largest absolute Gasteiger partial charge is 0.416 e. The predicted molar refractivity (Wildman–Crippen MR) is 82.9 cm³/mol. The Hall–Kier alpha value is -2.48.